The van der Waals surface area contributed by atoms with Crippen molar-refractivity contribution in [3.8, 4) is 6.07 Å². The molecule has 0 radical (unpaired) electrons. The molecule has 9 heteroatoms. The van der Waals surface area contributed by atoms with Gasteiger partial charge in [-0.25, -0.2) is 9.37 Å². The molecule has 0 bridgehead atoms. The molecule has 6 nitrogen and oxygen atoms in total. The van der Waals surface area contributed by atoms with Crippen LogP contribution in [0.1, 0.15) is 48.4 Å². The van der Waals surface area contributed by atoms with E-state index in [1.54, 1.807) is 23.5 Å². The molecule has 6 rings (SSSR count). The van der Waals surface area contributed by atoms with Gasteiger partial charge in [-0.1, -0.05) is 65.7 Å². The van der Waals surface area contributed by atoms with Crippen molar-refractivity contribution in [3.05, 3.63) is 92.6 Å². The number of rotatable bonds is 6. The zero-order valence-electron chi connectivity index (χ0n) is 23.6. The van der Waals surface area contributed by atoms with E-state index in [9.17, 15) is 14.4 Å². The Kier molecular flexibility index (Phi) is 8.35. The maximum atomic E-state index is 13.9. The van der Waals surface area contributed by atoms with Crippen LogP contribution in [0.3, 0.4) is 0 Å². The highest BCUT2D eigenvalue weighted by atomic mass is 35.5. The number of thiazole rings is 1. The highest BCUT2D eigenvalue weighted by Crippen LogP contribution is 2.41. The molecule has 4 aliphatic rings. The Morgan fingerprint density at radius 2 is 2.07 bits per heavy atom. The number of nitriles is 1. The number of aryl methyl sites for hydroxylation is 1. The van der Waals surface area contributed by atoms with Gasteiger partial charge >= 0.3 is 0 Å². The van der Waals surface area contributed by atoms with Gasteiger partial charge in [0.1, 0.15) is 12.3 Å². The van der Waals surface area contributed by atoms with Gasteiger partial charge in [0.05, 0.1) is 28.7 Å². The van der Waals surface area contributed by atoms with Crippen LogP contribution >= 0.6 is 22.9 Å². The van der Waals surface area contributed by atoms with Crippen LogP contribution in [-0.4, -0.2) is 58.7 Å². The number of morpholine rings is 1. The maximum Gasteiger partial charge on any atom is 0.253 e. The highest BCUT2D eigenvalue weighted by molar-refractivity contribution is 7.09. The SMILES string of the molecule is Cc1nc(C2=C(Cl)C=C3C(C2)OC(C(=O)N2CCC(C#N)(CC4=CCC(F)C=C4)CC2)CN3Cc2ccccc2)cs1. The molecule has 3 atom stereocenters. The molecule has 2 aliphatic heterocycles. The van der Waals surface area contributed by atoms with Gasteiger partial charge in [-0.15, -0.1) is 11.3 Å². The van der Waals surface area contributed by atoms with Gasteiger partial charge in [0, 0.05) is 54.2 Å². The summed E-state index contributed by atoms with van der Waals surface area (Å²) in [5, 5.41) is 13.8. The summed E-state index contributed by atoms with van der Waals surface area (Å²) in [6, 6.07) is 12.7. The number of allylic oxidation sites excluding steroid dienone is 6. The van der Waals surface area contributed by atoms with Crippen molar-refractivity contribution >= 4 is 34.4 Å². The molecular formula is C33H34ClFN4O2S. The third-order valence-corrected chi connectivity index (χ3v) is 9.83. The van der Waals surface area contributed by atoms with E-state index in [0.29, 0.717) is 63.3 Å². The lowest BCUT2D eigenvalue weighted by Crippen LogP contribution is -2.55. The number of fused-ring (bicyclic) bond motifs is 1. The third-order valence-electron chi connectivity index (χ3n) is 8.72. The van der Waals surface area contributed by atoms with Crippen LogP contribution in [0.5, 0.6) is 0 Å². The number of carbonyl (C=O) groups is 1. The van der Waals surface area contributed by atoms with E-state index in [1.807, 2.05) is 47.6 Å². The Morgan fingerprint density at radius 3 is 2.74 bits per heavy atom. The number of amides is 1. The summed E-state index contributed by atoms with van der Waals surface area (Å²) >= 11 is 8.40. The van der Waals surface area contributed by atoms with E-state index in [0.717, 1.165) is 33.1 Å². The summed E-state index contributed by atoms with van der Waals surface area (Å²) in [7, 11) is 0. The van der Waals surface area contributed by atoms with Crippen LogP contribution < -0.4 is 0 Å². The van der Waals surface area contributed by atoms with Gasteiger partial charge in [0.15, 0.2) is 6.10 Å². The van der Waals surface area contributed by atoms with Crippen LogP contribution in [0.15, 0.2) is 76.3 Å². The Hall–Kier alpha value is -3.25. The Morgan fingerprint density at radius 1 is 1.29 bits per heavy atom. The lowest BCUT2D eigenvalue weighted by molar-refractivity contribution is -0.154. The second-order valence-electron chi connectivity index (χ2n) is 11.6. The summed E-state index contributed by atoms with van der Waals surface area (Å²) in [6.07, 6.45) is 8.01. The number of halogens is 2. The van der Waals surface area contributed by atoms with Gasteiger partial charge in [-0.2, -0.15) is 5.26 Å². The van der Waals surface area contributed by atoms with Crippen molar-refractivity contribution in [2.24, 2.45) is 5.41 Å². The van der Waals surface area contributed by atoms with Crippen LogP contribution in [0, 0.1) is 23.7 Å². The first-order chi connectivity index (χ1) is 20.3. The molecule has 2 aliphatic carbocycles. The van der Waals surface area contributed by atoms with Crippen LogP contribution in [-0.2, 0) is 16.1 Å². The van der Waals surface area contributed by atoms with E-state index in [-0.39, 0.29) is 12.0 Å². The normalized spacial score (nSPS) is 25.4. The number of aromatic nitrogens is 1. The minimum absolute atomic E-state index is 0.0394. The van der Waals surface area contributed by atoms with Crippen molar-refractivity contribution in [2.45, 2.75) is 64.0 Å². The molecule has 2 aromatic rings. The Balaban J connectivity index is 1.19. The number of likely N-dealkylation sites (tertiary alicyclic amines) is 1. The molecule has 0 spiro atoms. The molecule has 3 heterocycles. The molecule has 0 saturated carbocycles. The molecular weight excluding hydrogens is 571 g/mol. The first kappa shape index (κ1) is 28.9. The van der Waals surface area contributed by atoms with E-state index < -0.39 is 17.7 Å². The zero-order valence-corrected chi connectivity index (χ0v) is 25.2. The fourth-order valence-electron chi connectivity index (χ4n) is 6.33. The first-order valence-electron chi connectivity index (χ1n) is 14.5. The van der Waals surface area contributed by atoms with Crippen LogP contribution in [0.25, 0.3) is 5.57 Å². The van der Waals surface area contributed by atoms with E-state index in [2.05, 4.69) is 28.1 Å². The summed E-state index contributed by atoms with van der Waals surface area (Å²) in [5.41, 5.74) is 4.38. The second kappa shape index (κ2) is 12.2. The summed E-state index contributed by atoms with van der Waals surface area (Å²) in [6.45, 7) is 4.03. The summed E-state index contributed by atoms with van der Waals surface area (Å²) in [4.78, 5) is 22.7. The fourth-order valence-corrected chi connectivity index (χ4v) is 7.24. The lowest BCUT2D eigenvalue weighted by atomic mass is 9.74. The van der Waals surface area contributed by atoms with Gasteiger partial charge in [-0.05, 0) is 37.8 Å². The van der Waals surface area contributed by atoms with Crippen molar-refractivity contribution in [1.29, 1.82) is 5.26 Å². The van der Waals surface area contributed by atoms with Gasteiger partial charge in [-0.3, -0.25) is 4.79 Å². The molecule has 2 fully saturated rings. The molecule has 3 unspecified atom stereocenters. The van der Waals surface area contributed by atoms with Crippen LogP contribution in [0.4, 0.5) is 4.39 Å². The summed E-state index contributed by atoms with van der Waals surface area (Å²) < 4.78 is 20.1. The average molecular weight is 605 g/mol. The summed E-state index contributed by atoms with van der Waals surface area (Å²) in [5.74, 6) is -0.0394. The quantitative estimate of drug-likeness (QED) is 0.367. The largest absolute Gasteiger partial charge is 0.365 e. The topological polar surface area (TPSA) is 69.5 Å². The predicted molar refractivity (Wildman–Crippen MR) is 163 cm³/mol. The maximum absolute atomic E-state index is 13.9. The zero-order chi connectivity index (χ0) is 29.3. The Labute approximate surface area is 255 Å². The number of hydrogen-bond donors (Lipinski definition) is 0. The molecule has 1 aromatic carbocycles. The second-order valence-corrected chi connectivity index (χ2v) is 13.1. The number of hydrogen-bond acceptors (Lipinski definition) is 6. The first-order valence-corrected chi connectivity index (χ1v) is 15.8. The minimum atomic E-state index is -0.948. The van der Waals surface area contributed by atoms with Crippen molar-refractivity contribution in [2.75, 3.05) is 19.6 Å². The van der Waals surface area contributed by atoms with Gasteiger partial charge < -0.3 is 14.5 Å². The number of nitrogens with zero attached hydrogens (tertiary/aromatic N) is 4. The number of carbonyl (C=O) groups excluding carboxylic acids is 1. The van der Waals surface area contributed by atoms with E-state index in [4.69, 9.17) is 16.3 Å². The van der Waals surface area contributed by atoms with Crippen molar-refractivity contribution in [1.82, 2.24) is 14.8 Å². The monoisotopic (exact) mass is 604 g/mol. The minimum Gasteiger partial charge on any atom is -0.365 e. The smallest absolute Gasteiger partial charge is 0.253 e. The average Bonchev–Trinajstić information content (AvgIpc) is 3.44. The molecule has 0 N–H and O–H groups in total. The molecule has 1 amide bonds. The van der Waals surface area contributed by atoms with Crippen LogP contribution in [0.2, 0.25) is 0 Å². The van der Waals surface area contributed by atoms with E-state index >= 15 is 0 Å². The van der Waals surface area contributed by atoms with Crippen molar-refractivity contribution < 1.29 is 13.9 Å². The third kappa shape index (κ3) is 6.10. The standard InChI is InChI=1S/C33H34ClFN4O2S/c1-22-37-28(20-42-22)26-15-30-29(16-27(26)34)39(18-24-5-3-2-4-6-24)19-31(41-30)32(40)38-13-11-33(21-36,12-14-38)17-23-7-9-25(35)10-8-23/h2-9,16,20,25,30-31H,10-15,17-19H2,1H3. The predicted octanol–water partition coefficient (Wildman–Crippen LogP) is 6.71. The number of alkyl halides is 1. The lowest BCUT2D eigenvalue weighted by Gasteiger charge is -2.45. The number of piperidine rings is 1. The van der Waals surface area contributed by atoms with Gasteiger partial charge in [0.25, 0.3) is 5.91 Å². The molecule has 42 heavy (non-hydrogen) atoms. The number of benzene rings is 1. The van der Waals surface area contributed by atoms with Crippen molar-refractivity contribution in [3.63, 3.8) is 0 Å². The van der Waals surface area contributed by atoms with Gasteiger partial charge in [0.2, 0.25) is 0 Å². The molecule has 218 valence electrons. The molecule has 2 saturated heterocycles. The fraction of sp³-hybridized carbons (Fsp3) is 0.424. The number of ether oxygens (including phenoxy) is 1. The molecule has 1 aromatic heterocycles. The Bertz CT molecular complexity index is 1500. The van der Waals surface area contributed by atoms with E-state index in [1.165, 1.54) is 0 Å². The highest BCUT2D eigenvalue weighted by Gasteiger charge is 2.43.